The van der Waals surface area contributed by atoms with E-state index in [-0.39, 0.29) is 0 Å². The molecule has 2 heterocycles. The van der Waals surface area contributed by atoms with Crippen LogP contribution in [0.5, 0.6) is 5.88 Å². The molecule has 0 unspecified atom stereocenters. The van der Waals surface area contributed by atoms with Crippen LogP contribution in [0.15, 0.2) is 35.8 Å². The summed E-state index contributed by atoms with van der Waals surface area (Å²) in [6.07, 6.45) is 4.44. The van der Waals surface area contributed by atoms with Crippen LogP contribution >= 0.6 is 11.3 Å². The number of rotatable bonds is 7. The molecular formula is C16H20N2OS. The molecule has 1 N–H and O–H groups in total. The Morgan fingerprint density at radius 2 is 2.35 bits per heavy atom. The van der Waals surface area contributed by atoms with Gasteiger partial charge in [-0.15, -0.1) is 11.3 Å². The maximum absolute atomic E-state index is 5.71. The van der Waals surface area contributed by atoms with Gasteiger partial charge in [0.15, 0.2) is 0 Å². The van der Waals surface area contributed by atoms with E-state index in [0.29, 0.717) is 6.04 Å². The number of ether oxygens (including phenoxy) is 1. The highest BCUT2D eigenvalue weighted by Crippen LogP contribution is 2.29. The molecule has 0 bridgehead atoms. The number of hydrogen-bond donors (Lipinski definition) is 1. The highest BCUT2D eigenvalue weighted by Gasteiger charge is 2.22. The summed E-state index contributed by atoms with van der Waals surface area (Å²) in [6, 6.07) is 8.71. The lowest BCUT2D eigenvalue weighted by Gasteiger charge is -2.12. The van der Waals surface area contributed by atoms with Crippen molar-refractivity contribution in [1.82, 2.24) is 10.3 Å². The molecule has 4 heteroatoms. The zero-order valence-electron chi connectivity index (χ0n) is 11.7. The summed E-state index contributed by atoms with van der Waals surface area (Å²) in [5, 5.41) is 5.65. The molecule has 2 aromatic heterocycles. The van der Waals surface area contributed by atoms with Gasteiger partial charge < -0.3 is 10.1 Å². The van der Waals surface area contributed by atoms with Gasteiger partial charge >= 0.3 is 0 Å². The highest BCUT2D eigenvalue weighted by molar-refractivity contribution is 7.10. The van der Waals surface area contributed by atoms with Crippen LogP contribution in [0.25, 0.3) is 0 Å². The SMILES string of the molecule is C[C@@H](NCc1ccnc(OCC2CC2)c1)c1cccs1. The minimum Gasteiger partial charge on any atom is -0.477 e. The van der Waals surface area contributed by atoms with Crippen molar-refractivity contribution < 1.29 is 4.74 Å². The second-order valence-electron chi connectivity index (χ2n) is 5.37. The van der Waals surface area contributed by atoms with Crippen molar-refractivity contribution in [2.45, 2.75) is 32.4 Å². The van der Waals surface area contributed by atoms with E-state index in [4.69, 9.17) is 4.74 Å². The smallest absolute Gasteiger partial charge is 0.213 e. The average Bonchev–Trinajstić information content (AvgIpc) is 3.14. The topological polar surface area (TPSA) is 34.2 Å². The first-order valence-electron chi connectivity index (χ1n) is 7.16. The van der Waals surface area contributed by atoms with Crippen LogP contribution in [0.3, 0.4) is 0 Å². The van der Waals surface area contributed by atoms with Crippen molar-refractivity contribution in [1.29, 1.82) is 0 Å². The van der Waals surface area contributed by atoms with Crippen molar-refractivity contribution in [2.24, 2.45) is 5.92 Å². The molecule has 1 saturated carbocycles. The van der Waals surface area contributed by atoms with Crippen LogP contribution in [0.2, 0.25) is 0 Å². The standard InChI is InChI=1S/C16H20N2OS/c1-12(15-3-2-8-20-15)18-10-14-6-7-17-16(9-14)19-11-13-4-5-13/h2-3,6-9,12-13,18H,4-5,10-11H2,1H3/t12-/m1/s1. The fourth-order valence-corrected chi connectivity index (χ4v) is 2.80. The number of nitrogens with one attached hydrogen (secondary N) is 1. The Bertz CT molecular complexity index is 537. The summed E-state index contributed by atoms with van der Waals surface area (Å²) in [6.45, 7) is 3.84. The summed E-state index contributed by atoms with van der Waals surface area (Å²) in [5.41, 5.74) is 1.22. The molecule has 1 aliphatic rings. The van der Waals surface area contributed by atoms with Crippen molar-refractivity contribution in [3.8, 4) is 5.88 Å². The van der Waals surface area contributed by atoms with Gasteiger partial charge in [0.05, 0.1) is 6.61 Å². The third-order valence-electron chi connectivity index (χ3n) is 3.55. The van der Waals surface area contributed by atoms with Gasteiger partial charge in [-0.25, -0.2) is 4.98 Å². The van der Waals surface area contributed by atoms with Gasteiger partial charge in [-0.05, 0) is 48.8 Å². The molecule has 0 saturated heterocycles. The monoisotopic (exact) mass is 288 g/mol. The number of nitrogens with zero attached hydrogens (tertiary/aromatic N) is 1. The predicted molar refractivity (Wildman–Crippen MR) is 82.0 cm³/mol. The predicted octanol–water partition coefficient (Wildman–Crippen LogP) is 3.78. The molecule has 3 rings (SSSR count). The third kappa shape index (κ3) is 3.81. The summed E-state index contributed by atoms with van der Waals surface area (Å²) < 4.78 is 5.71. The van der Waals surface area contributed by atoms with Gasteiger partial charge in [0.1, 0.15) is 0 Å². The Kier molecular flexibility index (Phi) is 4.33. The van der Waals surface area contributed by atoms with Crippen LogP contribution in [-0.4, -0.2) is 11.6 Å². The normalized spacial score (nSPS) is 16.1. The summed E-state index contributed by atoms with van der Waals surface area (Å²) in [5.74, 6) is 1.51. The summed E-state index contributed by atoms with van der Waals surface area (Å²) >= 11 is 1.79. The van der Waals surface area contributed by atoms with E-state index in [9.17, 15) is 0 Å². The molecule has 0 radical (unpaired) electrons. The first kappa shape index (κ1) is 13.6. The maximum atomic E-state index is 5.71. The molecule has 1 atom stereocenters. The average molecular weight is 288 g/mol. The van der Waals surface area contributed by atoms with Gasteiger partial charge in [0.25, 0.3) is 0 Å². The zero-order chi connectivity index (χ0) is 13.8. The zero-order valence-corrected chi connectivity index (χ0v) is 12.5. The van der Waals surface area contributed by atoms with Crippen molar-refractivity contribution >= 4 is 11.3 Å². The molecule has 3 nitrogen and oxygen atoms in total. The molecule has 0 spiro atoms. The molecule has 20 heavy (non-hydrogen) atoms. The fourth-order valence-electron chi connectivity index (χ4n) is 2.04. The van der Waals surface area contributed by atoms with Crippen LogP contribution in [0, 0.1) is 5.92 Å². The van der Waals surface area contributed by atoms with Crippen LogP contribution in [0.1, 0.15) is 36.2 Å². The number of pyridine rings is 1. The molecule has 0 aromatic carbocycles. The third-order valence-corrected chi connectivity index (χ3v) is 4.60. The van der Waals surface area contributed by atoms with E-state index >= 15 is 0 Å². The molecule has 0 aliphatic heterocycles. The Labute approximate surface area is 124 Å². The van der Waals surface area contributed by atoms with E-state index in [1.165, 1.54) is 23.3 Å². The van der Waals surface area contributed by atoms with E-state index in [1.807, 2.05) is 18.3 Å². The van der Waals surface area contributed by atoms with Gasteiger partial charge in [-0.2, -0.15) is 0 Å². The highest BCUT2D eigenvalue weighted by atomic mass is 32.1. The van der Waals surface area contributed by atoms with Crippen LogP contribution < -0.4 is 10.1 Å². The van der Waals surface area contributed by atoms with Crippen LogP contribution in [-0.2, 0) is 6.54 Å². The minimum atomic E-state index is 0.374. The Morgan fingerprint density at radius 1 is 1.45 bits per heavy atom. The molecule has 1 fully saturated rings. The van der Waals surface area contributed by atoms with E-state index < -0.39 is 0 Å². The van der Waals surface area contributed by atoms with Gasteiger partial charge in [-0.1, -0.05) is 6.07 Å². The Hall–Kier alpha value is -1.39. The first-order chi connectivity index (χ1) is 9.81. The maximum Gasteiger partial charge on any atom is 0.213 e. The Morgan fingerprint density at radius 3 is 3.10 bits per heavy atom. The van der Waals surface area contributed by atoms with E-state index in [1.54, 1.807) is 11.3 Å². The summed E-state index contributed by atoms with van der Waals surface area (Å²) in [4.78, 5) is 5.63. The molecule has 2 aromatic rings. The van der Waals surface area contributed by atoms with Crippen LogP contribution in [0.4, 0.5) is 0 Å². The summed E-state index contributed by atoms with van der Waals surface area (Å²) in [7, 11) is 0. The Balaban J connectivity index is 1.52. The molecular weight excluding hydrogens is 268 g/mol. The van der Waals surface area contributed by atoms with Gasteiger partial charge in [-0.3, -0.25) is 0 Å². The minimum absolute atomic E-state index is 0.374. The first-order valence-corrected chi connectivity index (χ1v) is 8.04. The van der Waals surface area contributed by atoms with E-state index in [0.717, 1.165) is 24.9 Å². The van der Waals surface area contributed by atoms with Crippen molar-refractivity contribution in [2.75, 3.05) is 6.61 Å². The van der Waals surface area contributed by atoms with Crippen molar-refractivity contribution in [3.63, 3.8) is 0 Å². The molecule has 0 amide bonds. The molecule has 106 valence electrons. The van der Waals surface area contributed by atoms with Gasteiger partial charge in [0, 0.05) is 29.7 Å². The lowest BCUT2D eigenvalue weighted by atomic mass is 10.2. The second-order valence-corrected chi connectivity index (χ2v) is 6.35. The quantitative estimate of drug-likeness (QED) is 0.842. The fraction of sp³-hybridized carbons (Fsp3) is 0.438. The van der Waals surface area contributed by atoms with E-state index in [2.05, 4.69) is 34.7 Å². The van der Waals surface area contributed by atoms with Crippen molar-refractivity contribution in [3.05, 3.63) is 46.3 Å². The number of hydrogen-bond acceptors (Lipinski definition) is 4. The largest absolute Gasteiger partial charge is 0.477 e. The lowest BCUT2D eigenvalue weighted by molar-refractivity contribution is 0.288. The number of aromatic nitrogens is 1. The molecule has 1 aliphatic carbocycles. The number of thiophene rings is 1. The van der Waals surface area contributed by atoms with Gasteiger partial charge in [0.2, 0.25) is 5.88 Å². The second kappa shape index (κ2) is 6.37. The lowest BCUT2D eigenvalue weighted by Crippen LogP contribution is -2.17.